The van der Waals surface area contributed by atoms with E-state index >= 15 is 0 Å². The Balaban J connectivity index is -0.0000000904. The van der Waals surface area contributed by atoms with Crippen molar-refractivity contribution in [3.05, 3.63) is 0 Å². The normalized spacial score (nSPS) is 11.6. The molecule has 0 aromatic heterocycles. The van der Waals surface area contributed by atoms with E-state index in [-0.39, 0.29) is 14.9 Å². The van der Waals surface area contributed by atoms with E-state index in [1.165, 1.54) is 0 Å². The van der Waals surface area contributed by atoms with E-state index in [4.69, 9.17) is 4.12 Å². The van der Waals surface area contributed by atoms with Crippen LogP contribution in [0.3, 0.4) is 0 Å². The second-order valence-corrected chi connectivity index (χ2v) is 22.6. The molecule has 0 unspecified atom stereocenters. The summed E-state index contributed by atoms with van der Waals surface area (Å²) in [4.78, 5) is 0. The predicted molar refractivity (Wildman–Crippen MR) is 90.4 cm³/mol. The molecule has 0 heterocycles. The maximum atomic E-state index is 5.90. The molecule has 0 aliphatic rings. The summed E-state index contributed by atoms with van der Waals surface area (Å²) in [6.45, 7) is 22.8. The SMILES string of the molecule is C.C.C[Si](C)(C)C.C[Si](C)(C)O[Si](C)(C)C. The monoisotopic (exact) mass is 282 g/mol. The van der Waals surface area contributed by atoms with Crippen LogP contribution in [0.5, 0.6) is 0 Å². The van der Waals surface area contributed by atoms with Crippen LogP contribution in [0, 0.1) is 0 Å². The summed E-state index contributed by atoms with van der Waals surface area (Å²) in [6, 6.07) is 0. The van der Waals surface area contributed by atoms with Crippen molar-refractivity contribution < 1.29 is 4.12 Å². The fraction of sp³-hybridized carbons (Fsp3) is 1.00. The van der Waals surface area contributed by atoms with Gasteiger partial charge in [0, 0.05) is 8.07 Å². The van der Waals surface area contributed by atoms with Crippen LogP contribution in [0.4, 0.5) is 0 Å². The first-order valence-electron chi connectivity index (χ1n) is 5.41. The Labute approximate surface area is 109 Å². The highest BCUT2D eigenvalue weighted by atomic mass is 28.4. The van der Waals surface area contributed by atoms with Gasteiger partial charge in [0.05, 0.1) is 0 Å². The molecule has 0 aliphatic carbocycles. The Morgan fingerprint density at radius 3 is 0.625 bits per heavy atom. The van der Waals surface area contributed by atoms with Gasteiger partial charge in [-0.15, -0.1) is 0 Å². The highest BCUT2D eigenvalue weighted by Crippen LogP contribution is 2.12. The van der Waals surface area contributed by atoms with Gasteiger partial charge in [-0.3, -0.25) is 0 Å². The predicted octanol–water partition coefficient (Wildman–Crippen LogP) is 5.90. The van der Waals surface area contributed by atoms with E-state index in [1.54, 1.807) is 0 Å². The minimum atomic E-state index is -1.23. The molecule has 0 aromatic carbocycles. The lowest BCUT2D eigenvalue weighted by atomic mass is 11.8. The van der Waals surface area contributed by atoms with Crippen LogP contribution in [0.25, 0.3) is 0 Å². The molecule has 0 radical (unpaired) electrons. The van der Waals surface area contributed by atoms with Crippen LogP contribution in [0.15, 0.2) is 0 Å². The van der Waals surface area contributed by atoms with Gasteiger partial charge in [-0.05, 0) is 39.3 Å². The van der Waals surface area contributed by atoms with E-state index in [0.717, 1.165) is 0 Å². The van der Waals surface area contributed by atoms with Crippen molar-refractivity contribution in [2.45, 2.75) is 80.3 Å². The van der Waals surface area contributed by atoms with Gasteiger partial charge in [0.15, 0.2) is 16.6 Å². The molecule has 1 nitrogen and oxygen atoms in total. The fourth-order valence-corrected chi connectivity index (χ4v) is 8.27. The van der Waals surface area contributed by atoms with Crippen LogP contribution >= 0.6 is 0 Å². The zero-order valence-electron chi connectivity index (χ0n) is 11.9. The van der Waals surface area contributed by atoms with Crippen LogP contribution in [0.2, 0.25) is 65.5 Å². The molecule has 0 saturated carbocycles. The quantitative estimate of drug-likeness (QED) is 0.573. The molecule has 0 aliphatic heterocycles. The summed E-state index contributed by atoms with van der Waals surface area (Å²) in [7, 11) is -3.07. The van der Waals surface area contributed by atoms with Crippen LogP contribution in [0.1, 0.15) is 14.9 Å². The maximum absolute atomic E-state index is 5.90. The number of hydrogen-bond acceptors (Lipinski definition) is 1. The van der Waals surface area contributed by atoms with Gasteiger partial charge < -0.3 is 4.12 Å². The number of hydrogen-bond donors (Lipinski definition) is 0. The van der Waals surface area contributed by atoms with Crippen molar-refractivity contribution in [3.8, 4) is 0 Å². The highest BCUT2D eigenvalue weighted by molar-refractivity contribution is 6.83. The van der Waals surface area contributed by atoms with E-state index in [0.29, 0.717) is 0 Å². The Morgan fingerprint density at radius 2 is 0.625 bits per heavy atom. The van der Waals surface area contributed by atoms with E-state index < -0.39 is 24.7 Å². The van der Waals surface area contributed by atoms with Gasteiger partial charge in [0.1, 0.15) is 0 Å². The molecule has 0 bridgehead atoms. The van der Waals surface area contributed by atoms with E-state index in [1.807, 2.05) is 0 Å². The van der Waals surface area contributed by atoms with Crippen molar-refractivity contribution in [1.29, 1.82) is 0 Å². The van der Waals surface area contributed by atoms with Crippen molar-refractivity contribution in [3.63, 3.8) is 0 Å². The van der Waals surface area contributed by atoms with E-state index in [9.17, 15) is 0 Å². The van der Waals surface area contributed by atoms with Gasteiger partial charge in [-0.1, -0.05) is 41.0 Å². The topological polar surface area (TPSA) is 9.23 Å². The van der Waals surface area contributed by atoms with E-state index in [2.05, 4.69) is 65.5 Å². The van der Waals surface area contributed by atoms with Gasteiger partial charge >= 0.3 is 0 Å². The summed E-state index contributed by atoms with van der Waals surface area (Å²) < 4.78 is 5.90. The third-order valence-corrected chi connectivity index (χ3v) is 5.51. The maximum Gasteiger partial charge on any atom is 0.170 e. The zero-order valence-corrected chi connectivity index (χ0v) is 14.9. The standard InChI is InChI=1S/C6H18OSi2.C4H12Si.2CH4/c1-8(2,3)7-9(4,5)6;1-5(2,3)4;;/h1-6H3;1-4H3;2*1H4. The summed E-state index contributed by atoms with van der Waals surface area (Å²) in [6.07, 6.45) is 0. The molecule has 4 heteroatoms. The van der Waals surface area contributed by atoms with Crippen LogP contribution < -0.4 is 0 Å². The zero-order chi connectivity index (χ0) is 12.2. The Bertz CT molecular complexity index is 131. The van der Waals surface area contributed by atoms with Crippen LogP contribution in [-0.4, -0.2) is 24.7 Å². The second-order valence-electron chi connectivity index (χ2n) is 7.33. The fourth-order valence-electron chi connectivity index (χ4n) is 0.919. The first-order valence-corrected chi connectivity index (χ1v) is 16.2. The average Bonchev–Trinajstić information content (AvgIpc) is 1.42. The van der Waals surface area contributed by atoms with Crippen molar-refractivity contribution in [2.24, 2.45) is 0 Å². The van der Waals surface area contributed by atoms with Gasteiger partial charge in [0.2, 0.25) is 0 Å². The summed E-state index contributed by atoms with van der Waals surface area (Å²) in [5, 5.41) is 0. The molecule has 0 aromatic rings. The lowest BCUT2D eigenvalue weighted by Crippen LogP contribution is -2.39. The molecule has 0 saturated heterocycles. The molecule has 0 rings (SSSR count). The molecule has 0 atom stereocenters. The first-order chi connectivity index (χ1) is 5.71. The highest BCUT2D eigenvalue weighted by Gasteiger charge is 2.24. The number of rotatable bonds is 2. The molecular formula is C12H38OSi3. The molecule has 0 N–H and O–H groups in total. The minimum absolute atomic E-state index is 0. The van der Waals surface area contributed by atoms with Crippen LogP contribution in [-0.2, 0) is 4.12 Å². The van der Waals surface area contributed by atoms with Crippen molar-refractivity contribution in [1.82, 2.24) is 0 Å². The molecule has 104 valence electrons. The third kappa shape index (κ3) is 61.9. The molecule has 16 heavy (non-hydrogen) atoms. The molecule has 0 spiro atoms. The largest absolute Gasteiger partial charge is 0.456 e. The average molecular weight is 283 g/mol. The molecular weight excluding hydrogens is 244 g/mol. The lowest BCUT2D eigenvalue weighted by molar-refractivity contribution is 0.559. The molecule has 0 amide bonds. The van der Waals surface area contributed by atoms with Gasteiger partial charge in [-0.2, -0.15) is 0 Å². The summed E-state index contributed by atoms with van der Waals surface area (Å²) in [5.41, 5.74) is 0. The Hall–Kier alpha value is 0.611. The Morgan fingerprint density at radius 1 is 0.500 bits per heavy atom. The van der Waals surface area contributed by atoms with Gasteiger partial charge in [-0.25, -0.2) is 0 Å². The van der Waals surface area contributed by atoms with Crippen molar-refractivity contribution >= 4 is 24.7 Å². The summed E-state index contributed by atoms with van der Waals surface area (Å²) in [5.74, 6) is 0. The minimum Gasteiger partial charge on any atom is -0.456 e. The second kappa shape index (κ2) is 8.67. The third-order valence-electron chi connectivity index (χ3n) is 0.612. The molecule has 0 fully saturated rings. The van der Waals surface area contributed by atoms with Gasteiger partial charge in [0.25, 0.3) is 0 Å². The lowest BCUT2D eigenvalue weighted by Gasteiger charge is -2.27. The smallest absolute Gasteiger partial charge is 0.170 e. The van der Waals surface area contributed by atoms with Crippen molar-refractivity contribution in [2.75, 3.05) is 0 Å². The first kappa shape index (κ1) is 25.5. The Kier molecular flexibility index (Phi) is 13.8. The summed E-state index contributed by atoms with van der Waals surface area (Å²) >= 11 is 0.